The predicted molar refractivity (Wildman–Crippen MR) is 403 cm³/mol. The molecule has 0 saturated carbocycles. The van der Waals surface area contributed by atoms with Gasteiger partial charge in [0.15, 0.2) is 14.9 Å². The van der Waals surface area contributed by atoms with Crippen molar-refractivity contribution in [3.63, 3.8) is 0 Å². The number of benzene rings is 3. The van der Waals surface area contributed by atoms with Crippen molar-refractivity contribution >= 4 is 91.3 Å². The zero-order valence-electron chi connectivity index (χ0n) is 64.6. The molecule has 5 rings (SSSR count). The summed E-state index contributed by atoms with van der Waals surface area (Å²) in [6.45, 7) is 16.8. The molecule has 0 aliphatic carbocycles. The Bertz CT molecular complexity index is 3690. The van der Waals surface area contributed by atoms with E-state index in [9.17, 15) is 56.4 Å². The van der Waals surface area contributed by atoms with Crippen LogP contribution in [0.25, 0.3) is 10.9 Å². The Labute approximate surface area is 629 Å². The fourth-order valence-electron chi connectivity index (χ4n) is 13.1. The van der Waals surface area contributed by atoms with Crippen LogP contribution in [0.3, 0.4) is 0 Å². The number of primary amides is 1. The molecule has 1 fully saturated rings. The molecular formula is C75H114N14O17S. The predicted octanol–water partition coefficient (Wildman–Crippen LogP) is 3.73. The van der Waals surface area contributed by atoms with Crippen molar-refractivity contribution in [2.75, 3.05) is 105 Å². The van der Waals surface area contributed by atoms with Gasteiger partial charge >= 0.3 is 6.03 Å². The second kappa shape index (κ2) is 43.9. The Hall–Kier alpha value is -8.79. The minimum Gasteiger partial charge on any atom is -0.379 e. The van der Waals surface area contributed by atoms with Gasteiger partial charge in [0, 0.05) is 70.3 Å². The number of methoxy groups -OCH3 is 2. The molecule has 11 amide bonds. The van der Waals surface area contributed by atoms with Gasteiger partial charge < -0.3 is 81.8 Å². The van der Waals surface area contributed by atoms with E-state index in [1.807, 2.05) is 90.9 Å². The number of amides is 11. The van der Waals surface area contributed by atoms with E-state index in [2.05, 4.69) is 52.5 Å². The SMILES string of the molecule is CC[C@H](C)[C@@H]([C@@H](CC(=O)N1CCC[C@H]1[C@H](OC)[C@@H](C)C(=O)N[C@@H](Cc1ccccc1)C(=O)NCc1ccc(NC(=O)[C@H](CCCNC(N)=O)NC(=O)C(NC(=O)COCCOCCOCC(=O)Nc2ccc3ncnc(S(C)(=O)=O)c3c2)C(C)C)cc1)OC)N(C)C(=O)[C@@H](NC(=O)[C@H](C(C)C)N(C)C)C(C)C. The Kier molecular flexibility index (Phi) is 36.4. The highest BCUT2D eigenvalue weighted by atomic mass is 32.2. The zero-order valence-corrected chi connectivity index (χ0v) is 65.4. The Morgan fingerprint density at radius 1 is 0.654 bits per heavy atom. The van der Waals surface area contributed by atoms with Crippen LogP contribution in [0.2, 0.25) is 0 Å². The smallest absolute Gasteiger partial charge is 0.312 e. The van der Waals surface area contributed by atoms with Gasteiger partial charge in [-0.05, 0) is 105 Å². The summed E-state index contributed by atoms with van der Waals surface area (Å²) in [6.07, 6.45) is 2.86. The zero-order chi connectivity index (χ0) is 79.2. The number of rotatable bonds is 45. The molecule has 3 aromatic carbocycles. The highest BCUT2D eigenvalue weighted by Crippen LogP contribution is 2.31. The van der Waals surface area contributed by atoms with Gasteiger partial charge in [0.1, 0.15) is 43.7 Å². The average molecular weight is 1520 g/mol. The fourth-order valence-corrected chi connectivity index (χ4v) is 13.9. The van der Waals surface area contributed by atoms with Crippen molar-refractivity contribution in [2.45, 2.75) is 173 Å². The van der Waals surface area contributed by atoms with Gasteiger partial charge in [-0.1, -0.05) is 111 Å². The third kappa shape index (κ3) is 27.7. The van der Waals surface area contributed by atoms with Gasteiger partial charge in [-0.3, -0.25) is 48.1 Å². The maximum absolute atomic E-state index is 14.7. The number of nitrogens with one attached hydrogen (secondary N) is 8. The van der Waals surface area contributed by atoms with E-state index in [4.69, 9.17) is 29.4 Å². The lowest BCUT2D eigenvalue weighted by atomic mass is 9.89. The van der Waals surface area contributed by atoms with Crippen LogP contribution >= 0.6 is 0 Å². The van der Waals surface area contributed by atoms with Crippen molar-refractivity contribution in [3.05, 3.63) is 90.3 Å². The van der Waals surface area contributed by atoms with E-state index in [1.54, 1.807) is 74.0 Å². The first-order valence-electron chi connectivity index (χ1n) is 36.4. The molecule has 10 N–H and O–H groups in total. The van der Waals surface area contributed by atoms with Crippen LogP contribution in [0.1, 0.15) is 112 Å². The summed E-state index contributed by atoms with van der Waals surface area (Å²) in [6, 6.07) is 14.0. The third-order valence-electron chi connectivity index (χ3n) is 18.9. The number of nitrogens with zero attached hydrogens (tertiary/aromatic N) is 5. The number of anilines is 2. The largest absolute Gasteiger partial charge is 0.379 e. The molecule has 1 saturated heterocycles. The number of urea groups is 1. The number of carbonyl (C=O) groups is 10. The lowest BCUT2D eigenvalue weighted by molar-refractivity contribution is -0.148. The molecule has 1 unspecified atom stereocenters. The van der Waals surface area contributed by atoms with Crippen LogP contribution in [0.15, 0.2) is 84.1 Å². The van der Waals surface area contributed by atoms with Gasteiger partial charge in [-0.25, -0.2) is 23.2 Å². The van der Waals surface area contributed by atoms with Crippen LogP contribution in [-0.2, 0) is 89.6 Å². The third-order valence-corrected chi connectivity index (χ3v) is 19.9. The minimum absolute atomic E-state index is 0.00307. The number of likely N-dealkylation sites (tertiary alicyclic amines) is 1. The molecule has 1 aliphatic heterocycles. The molecule has 32 heteroatoms. The quantitative estimate of drug-likeness (QED) is 0.0225. The standard InChI is InChI=1S/C75H114N14O17S/c1-16-48(8)66(88(12)74(98)64(46(4)5)86-72(97)65(47(6)7)87(10)11)59(102-13)40-62(92)89-33-21-25-58(89)67(103-14)49(9)68(93)84-57(38-50-22-18-17-19-23-50)69(94)78-41-51-26-28-52(29-27-51)82-70(95)56(24-20-32-77-75(76)99)83-71(96)63(45(2)3)85-61(91)43-106-37-35-104-34-36-105-42-60(90)81-53-30-31-55-54(39-53)73(80-44-79-55)107(15,100)101/h17-19,22-23,26-31,39,44-49,56-59,63-67H,16,20-21,24-25,32-38,40-43H2,1-15H3,(H,78,94)(H,81,90)(H,82,95)(H,83,96)(H,84,93)(H,85,91)(H,86,97)(H3,76,77,99)/t48-,49+,56-,57-,58-,59+,63?,64-,65-,66-,67+/m0/s1. The molecule has 31 nitrogen and oxygen atoms in total. The Morgan fingerprint density at radius 2 is 1.28 bits per heavy atom. The first-order valence-corrected chi connectivity index (χ1v) is 38.3. The van der Waals surface area contributed by atoms with Crippen molar-refractivity contribution in [1.82, 2.24) is 56.6 Å². The number of carbonyl (C=O) groups excluding carboxylic acids is 10. The number of hydrogen-bond acceptors (Lipinski definition) is 20. The summed E-state index contributed by atoms with van der Waals surface area (Å²) < 4.78 is 53.0. The molecule has 1 aromatic heterocycles. The molecule has 11 atom stereocenters. The van der Waals surface area contributed by atoms with E-state index in [0.717, 1.165) is 18.1 Å². The lowest BCUT2D eigenvalue weighted by Crippen LogP contribution is -2.59. The van der Waals surface area contributed by atoms with Crippen molar-refractivity contribution in [1.29, 1.82) is 0 Å². The van der Waals surface area contributed by atoms with Crippen LogP contribution in [-0.4, -0.2) is 241 Å². The minimum atomic E-state index is -3.66. The fraction of sp³-hybridized carbons (Fsp3) is 0.600. The van der Waals surface area contributed by atoms with Gasteiger partial charge in [-0.2, -0.15) is 0 Å². The number of sulfone groups is 1. The summed E-state index contributed by atoms with van der Waals surface area (Å²) >= 11 is 0. The van der Waals surface area contributed by atoms with Gasteiger partial charge in [0.2, 0.25) is 53.2 Å². The lowest BCUT2D eigenvalue weighted by Gasteiger charge is -2.41. The number of ether oxygens (including phenoxy) is 5. The van der Waals surface area contributed by atoms with E-state index in [1.165, 1.54) is 20.3 Å². The molecule has 107 heavy (non-hydrogen) atoms. The molecule has 2 heterocycles. The summed E-state index contributed by atoms with van der Waals surface area (Å²) in [4.78, 5) is 150. The first kappa shape index (κ1) is 88.8. The summed E-state index contributed by atoms with van der Waals surface area (Å²) in [5.41, 5.74) is 7.76. The van der Waals surface area contributed by atoms with E-state index in [0.29, 0.717) is 48.3 Å². The number of aromatic nitrogens is 2. The Morgan fingerprint density at radius 3 is 1.87 bits per heavy atom. The maximum atomic E-state index is 14.7. The normalized spacial score (nSPS) is 16.0. The molecule has 592 valence electrons. The summed E-state index contributed by atoms with van der Waals surface area (Å²) in [7, 11) is 4.72. The average Bonchev–Trinajstić information content (AvgIpc) is 1.24. The second-order valence-corrected chi connectivity index (χ2v) is 30.3. The molecule has 0 bridgehead atoms. The first-order chi connectivity index (χ1) is 50.7. The highest BCUT2D eigenvalue weighted by molar-refractivity contribution is 7.90. The second-order valence-electron chi connectivity index (χ2n) is 28.4. The number of hydrogen-bond donors (Lipinski definition) is 9. The molecular weight excluding hydrogens is 1400 g/mol. The van der Waals surface area contributed by atoms with E-state index < -0.39 is 124 Å². The molecule has 4 aromatic rings. The van der Waals surface area contributed by atoms with Crippen LogP contribution in [0.4, 0.5) is 16.2 Å². The highest BCUT2D eigenvalue weighted by Gasteiger charge is 2.44. The van der Waals surface area contributed by atoms with E-state index >= 15 is 0 Å². The topological polar surface area (TPSA) is 409 Å². The molecule has 0 spiro atoms. The van der Waals surface area contributed by atoms with Crippen LogP contribution in [0, 0.1) is 29.6 Å². The molecule has 1 aliphatic rings. The molecule has 0 radical (unpaired) electrons. The number of likely N-dealkylation sites (N-methyl/N-ethyl adjacent to an activating group) is 2. The van der Waals surface area contributed by atoms with Gasteiger partial charge in [0.05, 0.1) is 74.6 Å². The van der Waals surface area contributed by atoms with Crippen LogP contribution < -0.4 is 48.3 Å². The van der Waals surface area contributed by atoms with Crippen molar-refractivity contribution in [2.24, 2.45) is 35.3 Å². The van der Waals surface area contributed by atoms with E-state index in [-0.39, 0.29) is 118 Å². The summed E-state index contributed by atoms with van der Waals surface area (Å²) in [5.74, 6) is -5.76. The van der Waals surface area contributed by atoms with Crippen molar-refractivity contribution in [3.8, 4) is 0 Å². The van der Waals surface area contributed by atoms with Crippen molar-refractivity contribution < 1.29 is 80.0 Å². The maximum Gasteiger partial charge on any atom is 0.312 e. The number of fused-ring (bicyclic) bond motifs is 1. The number of nitrogens with two attached hydrogens (primary N) is 1. The van der Waals surface area contributed by atoms with Crippen LogP contribution in [0.5, 0.6) is 0 Å². The monoisotopic (exact) mass is 1510 g/mol. The Balaban J connectivity index is 1.14. The van der Waals surface area contributed by atoms with Gasteiger partial charge in [-0.15, -0.1) is 0 Å². The summed E-state index contributed by atoms with van der Waals surface area (Å²) in [5, 5.41) is 22.4. The van der Waals surface area contributed by atoms with Gasteiger partial charge in [0.25, 0.3) is 0 Å².